The van der Waals surface area contributed by atoms with Gasteiger partial charge in [0, 0.05) is 0 Å². The van der Waals surface area contributed by atoms with Crippen LogP contribution in [0.2, 0.25) is 0 Å². The molecule has 4 atom stereocenters. The van der Waals surface area contributed by atoms with Gasteiger partial charge in [0.05, 0.1) is 0 Å². The van der Waals surface area contributed by atoms with E-state index in [2.05, 4.69) is 55.4 Å². The van der Waals surface area contributed by atoms with Gasteiger partial charge < -0.3 is 0 Å². The normalized spacial score (nSPS) is 19.6. The monoisotopic (exact) mass is 282 g/mol. The van der Waals surface area contributed by atoms with Crippen LogP contribution < -0.4 is 0 Å². The molecular weight excluding hydrogens is 240 g/mol. The van der Waals surface area contributed by atoms with E-state index in [4.69, 9.17) is 0 Å². The highest BCUT2D eigenvalue weighted by Gasteiger charge is 2.27. The lowest BCUT2D eigenvalue weighted by Gasteiger charge is -2.35. The van der Waals surface area contributed by atoms with Gasteiger partial charge >= 0.3 is 0 Å². The second kappa shape index (κ2) is 9.85. The van der Waals surface area contributed by atoms with E-state index in [1.807, 2.05) is 0 Å². The zero-order valence-corrected chi connectivity index (χ0v) is 15.8. The fourth-order valence-corrected chi connectivity index (χ4v) is 3.35. The first kappa shape index (κ1) is 20.0. The molecule has 4 unspecified atom stereocenters. The minimum absolute atomic E-state index is 0.555. The van der Waals surface area contributed by atoms with Crippen molar-refractivity contribution in [2.24, 2.45) is 29.1 Å². The lowest BCUT2D eigenvalue weighted by atomic mass is 9.71. The van der Waals surface area contributed by atoms with Crippen LogP contribution in [0.5, 0.6) is 0 Å². The second-order valence-corrected chi connectivity index (χ2v) is 8.34. The Morgan fingerprint density at radius 1 is 0.800 bits per heavy atom. The Hall–Kier alpha value is 0. The summed E-state index contributed by atoms with van der Waals surface area (Å²) in [7, 11) is 0. The van der Waals surface area contributed by atoms with Crippen LogP contribution in [0.25, 0.3) is 0 Å². The van der Waals surface area contributed by atoms with Crippen LogP contribution in [0, 0.1) is 29.1 Å². The Morgan fingerprint density at radius 3 is 1.80 bits per heavy atom. The van der Waals surface area contributed by atoms with Crippen molar-refractivity contribution in [3.8, 4) is 0 Å². The van der Waals surface area contributed by atoms with Crippen LogP contribution >= 0.6 is 0 Å². The van der Waals surface area contributed by atoms with Crippen LogP contribution in [-0.2, 0) is 0 Å². The van der Waals surface area contributed by atoms with Gasteiger partial charge in [-0.2, -0.15) is 0 Å². The molecule has 0 spiro atoms. The van der Waals surface area contributed by atoms with Gasteiger partial charge in [-0.05, 0) is 41.9 Å². The molecule has 0 aromatic heterocycles. The maximum atomic E-state index is 2.52. The molecule has 0 heterocycles. The van der Waals surface area contributed by atoms with Crippen LogP contribution in [0.15, 0.2) is 0 Å². The minimum Gasteiger partial charge on any atom is -0.0651 e. The van der Waals surface area contributed by atoms with Gasteiger partial charge in [-0.15, -0.1) is 0 Å². The topological polar surface area (TPSA) is 0 Å². The molecule has 0 amide bonds. The number of rotatable bonds is 11. The first-order chi connectivity index (χ1) is 9.24. The standard InChI is InChI=1S/C20H42/c1-9-17(5)12-11-13-18(6)14-20(8,10-2)15-19(7)16(3)4/h16-19H,9-15H2,1-8H3. The van der Waals surface area contributed by atoms with Gasteiger partial charge in [-0.1, -0.05) is 87.5 Å². The summed E-state index contributed by atoms with van der Waals surface area (Å²) in [6.45, 7) is 19.3. The summed E-state index contributed by atoms with van der Waals surface area (Å²) >= 11 is 0. The van der Waals surface area contributed by atoms with Crippen molar-refractivity contribution in [2.45, 2.75) is 100 Å². The van der Waals surface area contributed by atoms with Crippen molar-refractivity contribution < 1.29 is 0 Å². The Balaban J connectivity index is 4.19. The molecule has 0 saturated carbocycles. The summed E-state index contributed by atoms with van der Waals surface area (Å²) in [5, 5.41) is 0. The van der Waals surface area contributed by atoms with Crippen molar-refractivity contribution in [3.63, 3.8) is 0 Å². The highest BCUT2D eigenvalue weighted by Crippen LogP contribution is 2.39. The SMILES string of the molecule is CCC(C)CCCC(C)CC(C)(CC)CC(C)C(C)C. The summed E-state index contributed by atoms with van der Waals surface area (Å²) in [5.74, 6) is 3.48. The van der Waals surface area contributed by atoms with Crippen molar-refractivity contribution >= 4 is 0 Å². The zero-order chi connectivity index (χ0) is 15.8. The quantitative estimate of drug-likeness (QED) is 0.372. The molecule has 0 fully saturated rings. The predicted molar refractivity (Wildman–Crippen MR) is 94.1 cm³/mol. The second-order valence-electron chi connectivity index (χ2n) is 8.34. The molecule has 0 nitrogen and oxygen atoms in total. The van der Waals surface area contributed by atoms with E-state index in [0.717, 1.165) is 23.7 Å². The molecular formula is C20H42. The Labute approximate surface area is 130 Å². The molecule has 0 aliphatic carbocycles. The molecule has 0 aliphatic heterocycles. The van der Waals surface area contributed by atoms with Gasteiger partial charge in [0.25, 0.3) is 0 Å². The average molecular weight is 283 g/mol. The van der Waals surface area contributed by atoms with E-state index in [1.54, 1.807) is 0 Å². The van der Waals surface area contributed by atoms with Crippen LogP contribution in [0.4, 0.5) is 0 Å². The Morgan fingerprint density at radius 2 is 1.35 bits per heavy atom. The molecule has 0 aliphatic rings. The smallest absolute Gasteiger partial charge is 0.0323 e. The third-order valence-electron chi connectivity index (χ3n) is 5.74. The summed E-state index contributed by atoms with van der Waals surface area (Å²) in [4.78, 5) is 0. The molecule has 20 heavy (non-hydrogen) atoms. The van der Waals surface area contributed by atoms with E-state index in [0.29, 0.717) is 5.41 Å². The average Bonchev–Trinajstić information content (AvgIpc) is 2.37. The molecule has 0 saturated heterocycles. The maximum absolute atomic E-state index is 2.52. The largest absolute Gasteiger partial charge is 0.0651 e. The molecule has 0 rings (SSSR count). The van der Waals surface area contributed by atoms with Gasteiger partial charge in [-0.3, -0.25) is 0 Å². The van der Waals surface area contributed by atoms with E-state index >= 15 is 0 Å². The van der Waals surface area contributed by atoms with Crippen LogP contribution in [-0.4, -0.2) is 0 Å². The predicted octanol–water partition coefficient (Wildman–Crippen LogP) is 7.33. The summed E-state index contributed by atoms with van der Waals surface area (Å²) in [5.41, 5.74) is 0.555. The van der Waals surface area contributed by atoms with E-state index in [9.17, 15) is 0 Å². The van der Waals surface area contributed by atoms with E-state index in [-0.39, 0.29) is 0 Å². The van der Waals surface area contributed by atoms with E-state index in [1.165, 1.54) is 44.9 Å². The molecule has 0 heteroatoms. The van der Waals surface area contributed by atoms with Crippen LogP contribution in [0.1, 0.15) is 100 Å². The fraction of sp³-hybridized carbons (Fsp3) is 1.00. The van der Waals surface area contributed by atoms with Crippen LogP contribution in [0.3, 0.4) is 0 Å². The third-order valence-corrected chi connectivity index (χ3v) is 5.74. The first-order valence-corrected chi connectivity index (χ1v) is 9.24. The molecule has 0 radical (unpaired) electrons. The van der Waals surface area contributed by atoms with E-state index < -0.39 is 0 Å². The van der Waals surface area contributed by atoms with Crippen molar-refractivity contribution in [2.75, 3.05) is 0 Å². The minimum atomic E-state index is 0.555. The third kappa shape index (κ3) is 8.32. The zero-order valence-electron chi connectivity index (χ0n) is 15.8. The van der Waals surface area contributed by atoms with Gasteiger partial charge in [0.15, 0.2) is 0 Å². The molecule has 0 aromatic rings. The lowest BCUT2D eigenvalue weighted by Crippen LogP contribution is -2.24. The first-order valence-electron chi connectivity index (χ1n) is 9.24. The summed E-state index contributed by atoms with van der Waals surface area (Å²) < 4.78 is 0. The van der Waals surface area contributed by atoms with Gasteiger partial charge in [-0.25, -0.2) is 0 Å². The lowest BCUT2D eigenvalue weighted by molar-refractivity contribution is 0.162. The number of hydrogen-bond donors (Lipinski definition) is 0. The van der Waals surface area contributed by atoms with Gasteiger partial charge in [0.2, 0.25) is 0 Å². The summed E-state index contributed by atoms with van der Waals surface area (Å²) in [6.07, 6.45) is 9.77. The van der Waals surface area contributed by atoms with Crippen molar-refractivity contribution in [1.29, 1.82) is 0 Å². The molecule has 0 aromatic carbocycles. The highest BCUT2D eigenvalue weighted by atomic mass is 14.3. The Bertz CT molecular complexity index is 230. The van der Waals surface area contributed by atoms with Gasteiger partial charge in [0.1, 0.15) is 0 Å². The highest BCUT2D eigenvalue weighted by molar-refractivity contribution is 4.78. The summed E-state index contributed by atoms with van der Waals surface area (Å²) in [6, 6.07) is 0. The van der Waals surface area contributed by atoms with Crippen molar-refractivity contribution in [3.05, 3.63) is 0 Å². The van der Waals surface area contributed by atoms with Crippen molar-refractivity contribution in [1.82, 2.24) is 0 Å². The molecule has 0 N–H and O–H groups in total. The maximum Gasteiger partial charge on any atom is -0.0323 e. The molecule has 0 bridgehead atoms. The Kier molecular flexibility index (Phi) is 9.85. The fourth-order valence-electron chi connectivity index (χ4n) is 3.35. The number of hydrogen-bond acceptors (Lipinski definition) is 0. The molecule has 122 valence electrons.